The molecule has 9 heteroatoms. The lowest BCUT2D eigenvalue weighted by atomic mass is 10.1. The Labute approximate surface area is 198 Å². The summed E-state index contributed by atoms with van der Waals surface area (Å²) < 4.78 is 35.5. The monoisotopic (exact) mass is 553 g/mol. The van der Waals surface area contributed by atoms with Crippen molar-refractivity contribution in [2.24, 2.45) is 4.99 Å². The first kappa shape index (κ1) is 26.8. The molecule has 2 rings (SSSR count). The molecule has 30 heavy (non-hydrogen) atoms. The zero-order chi connectivity index (χ0) is 21.7. The van der Waals surface area contributed by atoms with Crippen LogP contribution < -0.4 is 20.1 Å². The van der Waals surface area contributed by atoms with E-state index in [1.807, 2.05) is 26.0 Å². The van der Waals surface area contributed by atoms with Gasteiger partial charge in [0.15, 0.2) is 15.8 Å². The van der Waals surface area contributed by atoms with Crippen LogP contribution >= 0.6 is 24.0 Å². The molecule has 1 unspecified atom stereocenters. The largest absolute Gasteiger partial charge is 0.494 e. The van der Waals surface area contributed by atoms with Gasteiger partial charge in [0.05, 0.1) is 23.7 Å². The van der Waals surface area contributed by atoms with E-state index in [4.69, 9.17) is 9.47 Å². The van der Waals surface area contributed by atoms with E-state index < -0.39 is 14.6 Å². The van der Waals surface area contributed by atoms with Crippen LogP contribution in [-0.4, -0.2) is 50.7 Å². The number of hydrogen-bond donors (Lipinski definition) is 2. The standard InChI is InChI=1S/C21H35N3O4S.HI/c1-7-22-20(23-9-10-29(25,26)21(4,5)6)24-14-17-13-19-16(11-15(3)28-19)12-18(17)27-8-2;/h12-13,15H,7-11,14H2,1-6H3,(H2,22,23,24);1H. The molecule has 0 bridgehead atoms. The number of halogens is 1. The molecule has 1 aliphatic heterocycles. The Kier molecular flexibility index (Phi) is 10.2. The van der Waals surface area contributed by atoms with Crippen LogP contribution in [0.5, 0.6) is 11.5 Å². The van der Waals surface area contributed by atoms with Gasteiger partial charge in [-0.2, -0.15) is 0 Å². The number of fused-ring (bicyclic) bond motifs is 1. The highest BCUT2D eigenvalue weighted by molar-refractivity contribution is 14.0. The van der Waals surface area contributed by atoms with E-state index >= 15 is 0 Å². The summed E-state index contributed by atoms with van der Waals surface area (Å²) in [7, 11) is -3.18. The van der Waals surface area contributed by atoms with Crippen molar-refractivity contribution in [1.82, 2.24) is 10.6 Å². The van der Waals surface area contributed by atoms with Crippen molar-refractivity contribution in [2.45, 2.75) is 65.4 Å². The maximum absolute atomic E-state index is 12.3. The van der Waals surface area contributed by atoms with Crippen molar-refractivity contribution < 1.29 is 17.9 Å². The maximum Gasteiger partial charge on any atom is 0.191 e. The highest BCUT2D eigenvalue weighted by Gasteiger charge is 2.28. The van der Waals surface area contributed by atoms with E-state index in [1.165, 1.54) is 0 Å². The van der Waals surface area contributed by atoms with Gasteiger partial charge in [0.25, 0.3) is 0 Å². The number of hydrogen-bond acceptors (Lipinski definition) is 5. The van der Waals surface area contributed by atoms with Crippen LogP contribution in [0.2, 0.25) is 0 Å². The Morgan fingerprint density at radius 3 is 2.57 bits per heavy atom. The third kappa shape index (κ3) is 7.18. The molecule has 0 saturated carbocycles. The summed E-state index contributed by atoms with van der Waals surface area (Å²) in [5.41, 5.74) is 2.10. The van der Waals surface area contributed by atoms with E-state index in [0.717, 1.165) is 29.0 Å². The quantitative estimate of drug-likeness (QED) is 0.292. The van der Waals surface area contributed by atoms with Gasteiger partial charge >= 0.3 is 0 Å². The second kappa shape index (κ2) is 11.4. The Morgan fingerprint density at radius 2 is 1.97 bits per heavy atom. The van der Waals surface area contributed by atoms with Crippen LogP contribution in [0.25, 0.3) is 0 Å². The van der Waals surface area contributed by atoms with E-state index in [1.54, 1.807) is 20.8 Å². The Balaban J connectivity index is 0.00000450. The van der Waals surface area contributed by atoms with E-state index in [0.29, 0.717) is 32.2 Å². The van der Waals surface area contributed by atoms with Crippen molar-refractivity contribution in [3.8, 4) is 11.5 Å². The van der Waals surface area contributed by atoms with Gasteiger partial charge in [0.1, 0.15) is 17.6 Å². The molecule has 172 valence electrons. The zero-order valence-electron chi connectivity index (χ0n) is 18.9. The fourth-order valence-corrected chi connectivity index (χ4v) is 3.99. The lowest BCUT2D eigenvalue weighted by Crippen LogP contribution is -2.41. The minimum Gasteiger partial charge on any atom is -0.494 e. The summed E-state index contributed by atoms with van der Waals surface area (Å²) in [6, 6.07) is 4.05. The normalized spacial score (nSPS) is 16.3. The van der Waals surface area contributed by atoms with Crippen LogP contribution in [0, 0.1) is 0 Å². The van der Waals surface area contributed by atoms with Crippen LogP contribution in [-0.2, 0) is 22.8 Å². The fourth-order valence-electron chi connectivity index (χ4n) is 3.01. The SMILES string of the molecule is CCNC(=NCc1cc2c(cc1OCC)CC(C)O2)NCCS(=O)(=O)C(C)(C)C.I. The predicted molar refractivity (Wildman–Crippen MR) is 133 cm³/mol. The molecule has 0 spiro atoms. The van der Waals surface area contributed by atoms with Crippen molar-refractivity contribution in [1.29, 1.82) is 0 Å². The number of aliphatic imine (C=N–C) groups is 1. The average Bonchev–Trinajstić information content (AvgIpc) is 2.97. The van der Waals surface area contributed by atoms with Crippen LogP contribution in [0.1, 0.15) is 52.7 Å². The van der Waals surface area contributed by atoms with E-state index in [-0.39, 0.29) is 35.8 Å². The molecule has 0 fully saturated rings. The highest BCUT2D eigenvalue weighted by atomic mass is 127. The lowest BCUT2D eigenvalue weighted by Gasteiger charge is -2.20. The van der Waals surface area contributed by atoms with Crippen molar-refractivity contribution >= 4 is 39.8 Å². The molecule has 0 aliphatic carbocycles. The van der Waals surface area contributed by atoms with Gasteiger partial charge in [-0.05, 0) is 53.7 Å². The predicted octanol–water partition coefficient (Wildman–Crippen LogP) is 3.30. The first-order valence-electron chi connectivity index (χ1n) is 10.3. The van der Waals surface area contributed by atoms with Crippen molar-refractivity contribution in [3.05, 3.63) is 23.3 Å². The molecule has 0 radical (unpaired) electrons. The lowest BCUT2D eigenvalue weighted by molar-refractivity contribution is 0.254. The number of nitrogens with one attached hydrogen (secondary N) is 2. The number of guanidine groups is 1. The third-order valence-corrected chi connectivity index (χ3v) is 7.33. The van der Waals surface area contributed by atoms with Crippen LogP contribution in [0.3, 0.4) is 0 Å². The summed E-state index contributed by atoms with van der Waals surface area (Å²) in [6.07, 6.45) is 1.05. The number of nitrogens with zero attached hydrogens (tertiary/aromatic N) is 1. The first-order chi connectivity index (χ1) is 13.6. The van der Waals surface area contributed by atoms with Gasteiger partial charge in [0.2, 0.25) is 0 Å². The second-order valence-electron chi connectivity index (χ2n) is 8.19. The molecule has 2 N–H and O–H groups in total. The van der Waals surface area contributed by atoms with Crippen molar-refractivity contribution in [3.63, 3.8) is 0 Å². The maximum atomic E-state index is 12.3. The molecule has 1 atom stereocenters. The number of rotatable bonds is 8. The molecule has 1 aliphatic rings. The number of ether oxygens (including phenoxy) is 2. The minimum atomic E-state index is -3.18. The van der Waals surface area contributed by atoms with Crippen LogP contribution in [0.4, 0.5) is 0 Å². The van der Waals surface area contributed by atoms with Gasteiger partial charge in [-0.25, -0.2) is 13.4 Å². The zero-order valence-corrected chi connectivity index (χ0v) is 22.0. The second-order valence-corrected chi connectivity index (χ2v) is 11.0. The third-order valence-electron chi connectivity index (χ3n) is 4.73. The fraction of sp³-hybridized carbons (Fsp3) is 0.667. The van der Waals surface area contributed by atoms with Gasteiger partial charge < -0.3 is 20.1 Å². The summed E-state index contributed by atoms with van der Waals surface area (Å²) in [4.78, 5) is 4.62. The van der Waals surface area contributed by atoms with Gasteiger partial charge in [0, 0.05) is 30.6 Å². The molecule has 1 heterocycles. The molecule has 1 aromatic rings. The van der Waals surface area contributed by atoms with Gasteiger partial charge in [-0.3, -0.25) is 0 Å². The molecule has 0 amide bonds. The highest BCUT2D eigenvalue weighted by Crippen LogP contribution is 2.35. The van der Waals surface area contributed by atoms with Gasteiger partial charge in [-0.15, -0.1) is 24.0 Å². The molecule has 0 saturated heterocycles. The number of benzene rings is 1. The van der Waals surface area contributed by atoms with Crippen molar-refractivity contribution in [2.75, 3.05) is 25.4 Å². The minimum absolute atomic E-state index is 0. The molecule has 0 aromatic heterocycles. The first-order valence-corrected chi connectivity index (χ1v) is 11.9. The molecular formula is C21H36IN3O4S. The average molecular weight is 554 g/mol. The Bertz CT molecular complexity index is 835. The summed E-state index contributed by atoms with van der Waals surface area (Å²) >= 11 is 0. The van der Waals surface area contributed by atoms with E-state index in [9.17, 15) is 8.42 Å². The topological polar surface area (TPSA) is 89.0 Å². The van der Waals surface area contributed by atoms with E-state index in [2.05, 4.69) is 22.5 Å². The summed E-state index contributed by atoms with van der Waals surface area (Å²) in [6.45, 7) is 13.1. The number of sulfone groups is 1. The summed E-state index contributed by atoms with van der Waals surface area (Å²) in [5.74, 6) is 2.34. The molecular weight excluding hydrogens is 517 g/mol. The van der Waals surface area contributed by atoms with Crippen LogP contribution in [0.15, 0.2) is 17.1 Å². The Hall–Kier alpha value is -1.23. The Morgan fingerprint density at radius 1 is 1.27 bits per heavy atom. The summed E-state index contributed by atoms with van der Waals surface area (Å²) in [5, 5.41) is 6.28. The van der Waals surface area contributed by atoms with Gasteiger partial charge in [-0.1, -0.05) is 0 Å². The molecule has 7 nitrogen and oxygen atoms in total. The smallest absolute Gasteiger partial charge is 0.191 e. The molecule has 1 aromatic carbocycles.